The molecule has 122 valence electrons. The second kappa shape index (κ2) is 4.63. The molecule has 7 atom stereocenters. The molecule has 4 aliphatic rings. The minimum Gasteiger partial charge on any atom is -0.512 e. The molecule has 0 saturated heterocycles. The summed E-state index contributed by atoms with van der Waals surface area (Å²) in [5.74, 6) is 3.24. The highest BCUT2D eigenvalue weighted by Gasteiger charge is 2.58. The van der Waals surface area contributed by atoms with Crippen LogP contribution in [-0.2, 0) is 0 Å². The van der Waals surface area contributed by atoms with E-state index >= 15 is 0 Å². The van der Waals surface area contributed by atoms with E-state index in [2.05, 4.69) is 32.9 Å². The number of hydrogen-bond acceptors (Lipinski definition) is 2. The molecule has 0 radical (unpaired) electrons. The molecule has 4 rings (SSSR count). The van der Waals surface area contributed by atoms with Crippen LogP contribution >= 0.6 is 0 Å². The third-order valence-corrected chi connectivity index (χ3v) is 7.95. The van der Waals surface area contributed by atoms with E-state index in [0.29, 0.717) is 23.5 Å². The predicted molar refractivity (Wildman–Crippen MR) is 88.4 cm³/mol. The van der Waals surface area contributed by atoms with Crippen molar-refractivity contribution in [1.29, 1.82) is 0 Å². The van der Waals surface area contributed by atoms with E-state index in [1.807, 2.05) is 0 Å². The number of fused-ring (bicyclic) bond motifs is 5. The van der Waals surface area contributed by atoms with Crippen LogP contribution in [0.5, 0.6) is 0 Å². The quantitative estimate of drug-likeness (QED) is 0.642. The van der Waals surface area contributed by atoms with Gasteiger partial charge in [-0.2, -0.15) is 0 Å². The minimum atomic E-state index is -0.130. The van der Waals surface area contributed by atoms with Gasteiger partial charge in [-0.05, 0) is 73.7 Å². The average Bonchev–Trinajstić information content (AvgIpc) is 2.77. The summed E-state index contributed by atoms with van der Waals surface area (Å²) in [4.78, 5) is 0. The van der Waals surface area contributed by atoms with Crippen LogP contribution in [0.4, 0.5) is 0 Å². The van der Waals surface area contributed by atoms with Gasteiger partial charge in [-0.1, -0.05) is 32.4 Å². The first-order valence-corrected chi connectivity index (χ1v) is 9.15. The second-order valence-electron chi connectivity index (χ2n) is 8.94. The summed E-state index contributed by atoms with van der Waals surface area (Å²) in [6, 6.07) is 0. The lowest BCUT2D eigenvalue weighted by Gasteiger charge is -2.59. The van der Waals surface area contributed by atoms with Crippen LogP contribution in [0.3, 0.4) is 0 Å². The molecule has 22 heavy (non-hydrogen) atoms. The maximum absolute atomic E-state index is 10.4. The molecule has 2 N–H and O–H groups in total. The van der Waals surface area contributed by atoms with E-state index in [0.717, 1.165) is 38.0 Å². The first-order chi connectivity index (χ1) is 10.4. The molecule has 0 aromatic carbocycles. The molecule has 0 aromatic heterocycles. The summed E-state index contributed by atoms with van der Waals surface area (Å²) >= 11 is 0. The Morgan fingerprint density at radius 1 is 1.09 bits per heavy atom. The predicted octanol–water partition coefficient (Wildman–Crippen LogP) is 4.61. The van der Waals surface area contributed by atoms with Crippen molar-refractivity contribution in [2.75, 3.05) is 0 Å². The van der Waals surface area contributed by atoms with Gasteiger partial charge in [0.15, 0.2) is 0 Å². The van der Waals surface area contributed by atoms with Gasteiger partial charge in [-0.3, -0.25) is 0 Å². The van der Waals surface area contributed by atoms with Gasteiger partial charge in [-0.25, -0.2) is 0 Å². The fourth-order valence-electron chi connectivity index (χ4n) is 6.55. The number of hydrogen-bond donors (Lipinski definition) is 2. The van der Waals surface area contributed by atoms with Crippen LogP contribution in [0.15, 0.2) is 23.5 Å². The van der Waals surface area contributed by atoms with Crippen molar-refractivity contribution in [2.24, 2.45) is 34.5 Å². The maximum Gasteiger partial charge on any atom is 0.0944 e. The topological polar surface area (TPSA) is 40.5 Å². The summed E-state index contributed by atoms with van der Waals surface area (Å²) < 4.78 is 0. The highest BCUT2D eigenvalue weighted by Crippen LogP contribution is 2.65. The molecule has 0 bridgehead atoms. The van der Waals surface area contributed by atoms with Crippen molar-refractivity contribution in [1.82, 2.24) is 0 Å². The highest BCUT2D eigenvalue weighted by atomic mass is 16.3. The molecule has 0 aromatic rings. The smallest absolute Gasteiger partial charge is 0.0944 e. The van der Waals surface area contributed by atoms with Crippen LogP contribution in [0, 0.1) is 34.5 Å². The lowest BCUT2D eigenvalue weighted by atomic mass is 9.46. The van der Waals surface area contributed by atoms with Crippen molar-refractivity contribution >= 4 is 0 Å². The number of aliphatic hydroxyl groups excluding tert-OH is 2. The van der Waals surface area contributed by atoms with Crippen LogP contribution in [-0.4, -0.2) is 16.3 Å². The summed E-state index contributed by atoms with van der Waals surface area (Å²) in [6.07, 6.45) is 10.8. The van der Waals surface area contributed by atoms with Gasteiger partial charge in [0.1, 0.15) is 0 Å². The van der Waals surface area contributed by atoms with E-state index in [-0.39, 0.29) is 16.9 Å². The van der Waals surface area contributed by atoms with Crippen LogP contribution in [0.2, 0.25) is 0 Å². The molecule has 0 unspecified atom stereocenters. The van der Waals surface area contributed by atoms with Gasteiger partial charge in [0.05, 0.1) is 11.9 Å². The van der Waals surface area contributed by atoms with Crippen LogP contribution < -0.4 is 0 Å². The highest BCUT2D eigenvalue weighted by molar-refractivity contribution is 5.29. The molecule has 0 spiro atoms. The van der Waals surface area contributed by atoms with Crippen molar-refractivity contribution in [2.45, 2.75) is 65.4 Å². The standard InChI is InChI=1S/C20H30O2/c1-12-10-13-11-14(21)6-8-19(13,2)16-7-9-20(3)15(18(12)16)4-5-17(20)22/h5,10,12,14-16,18,21-22H,4,6-9,11H2,1-3H3/t12-,14-,15-,16-,18-,19-,20-/m0/s1. The minimum absolute atomic E-state index is 0.0192. The van der Waals surface area contributed by atoms with Crippen molar-refractivity contribution in [3.8, 4) is 0 Å². The number of aliphatic hydroxyl groups is 2. The number of allylic oxidation sites excluding steroid dienone is 3. The van der Waals surface area contributed by atoms with Crippen molar-refractivity contribution in [3.05, 3.63) is 23.5 Å². The molecule has 2 nitrogen and oxygen atoms in total. The summed E-state index contributed by atoms with van der Waals surface area (Å²) in [5, 5.41) is 20.5. The van der Waals surface area contributed by atoms with Gasteiger partial charge >= 0.3 is 0 Å². The third kappa shape index (κ3) is 1.76. The van der Waals surface area contributed by atoms with E-state index in [1.165, 1.54) is 12.0 Å². The molecule has 0 aliphatic heterocycles. The lowest BCUT2D eigenvalue weighted by Crippen LogP contribution is -2.52. The second-order valence-corrected chi connectivity index (χ2v) is 8.94. The van der Waals surface area contributed by atoms with E-state index in [9.17, 15) is 10.2 Å². The molecule has 4 aliphatic carbocycles. The molecule has 2 fully saturated rings. The Morgan fingerprint density at radius 2 is 1.82 bits per heavy atom. The number of rotatable bonds is 0. The molecule has 0 amide bonds. The van der Waals surface area contributed by atoms with Gasteiger partial charge in [0, 0.05) is 5.41 Å². The van der Waals surface area contributed by atoms with Crippen molar-refractivity contribution in [3.63, 3.8) is 0 Å². The monoisotopic (exact) mass is 302 g/mol. The van der Waals surface area contributed by atoms with Gasteiger partial charge in [0.2, 0.25) is 0 Å². The Morgan fingerprint density at radius 3 is 2.59 bits per heavy atom. The zero-order chi connectivity index (χ0) is 15.7. The molecular weight excluding hydrogens is 272 g/mol. The molecule has 0 heterocycles. The Kier molecular flexibility index (Phi) is 3.11. The SMILES string of the molecule is C[C@H]1C=C2C[C@@H](O)CC[C@]2(C)[C@H]2CC[C@]3(C)C(O)=CC[C@H]3[C@H]12. The summed E-state index contributed by atoms with van der Waals surface area (Å²) in [5.41, 5.74) is 1.83. The van der Waals surface area contributed by atoms with E-state index in [1.54, 1.807) is 0 Å². The zero-order valence-electron chi connectivity index (χ0n) is 14.2. The maximum atomic E-state index is 10.4. The van der Waals surface area contributed by atoms with E-state index in [4.69, 9.17) is 0 Å². The first-order valence-electron chi connectivity index (χ1n) is 9.15. The van der Waals surface area contributed by atoms with Crippen LogP contribution in [0.1, 0.15) is 59.3 Å². The largest absolute Gasteiger partial charge is 0.512 e. The molecule has 2 saturated carbocycles. The Bertz CT molecular complexity index is 548. The van der Waals surface area contributed by atoms with Crippen LogP contribution in [0.25, 0.3) is 0 Å². The third-order valence-electron chi connectivity index (χ3n) is 7.95. The lowest BCUT2D eigenvalue weighted by molar-refractivity contribution is -0.0567. The molecule has 2 heteroatoms. The Hall–Kier alpha value is -0.760. The zero-order valence-corrected chi connectivity index (χ0v) is 14.2. The Balaban J connectivity index is 1.74. The van der Waals surface area contributed by atoms with Gasteiger partial charge < -0.3 is 10.2 Å². The fraction of sp³-hybridized carbons (Fsp3) is 0.800. The normalized spacial score (nSPS) is 53.9. The first kappa shape index (κ1) is 14.8. The van der Waals surface area contributed by atoms with Crippen molar-refractivity contribution < 1.29 is 10.2 Å². The average molecular weight is 302 g/mol. The van der Waals surface area contributed by atoms with Gasteiger partial charge in [0.25, 0.3) is 0 Å². The summed E-state index contributed by atoms with van der Waals surface area (Å²) in [6.45, 7) is 7.11. The van der Waals surface area contributed by atoms with E-state index < -0.39 is 0 Å². The fourth-order valence-corrected chi connectivity index (χ4v) is 6.55. The molecular formula is C20H30O2. The van der Waals surface area contributed by atoms with Gasteiger partial charge in [-0.15, -0.1) is 0 Å². The summed E-state index contributed by atoms with van der Waals surface area (Å²) in [7, 11) is 0. The Labute approximate surface area is 134 Å².